The van der Waals surface area contributed by atoms with Crippen LogP contribution in [-0.2, 0) is 0 Å². The molecule has 0 aromatic rings. The molecule has 3 nitrogen and oxygen atoms in total. The van der Waals surface area contributed by atoms with Gasteiger partial charge in [0.15, 0.2) is 5.96 Å². The molecule has 0 heterocycles. The van der Waals surface area contributed by atoms with Crippen LogP contribution >= 0.6 is 24.0 Å². The lowest BCUT2D eigenvalue weighted by molar-refractivity contribution is 0.334. The van der Waals surface area contributed by atoms with E-state index in [1.54, 1.807) is 0 Å². The molecule has 0 bridgehead atoms. The van der Waals surface area contributed by atoms with Gasteiger partial charge in [-0.05, 0) is 25.7 Å². The average molecular weight is 367 g/mol. The van der Waals surface area contributed by atoms with E-state index in [1.807, 2.05) is 14.1 Å². The number of nitrogens with zero attached hydrogens (tertiary/aromatic N) is 2. The quantitative estimate of drug-likeness (QED) is 0.349. The third-order valence-electron chi connectivity index (χ3n) is 3.52. The van der Waals surface area contributed by atoms with E-state index >= 15 is 0 Å². The molecule has 0 aromatic carbocycles. The minimum Gasteiger partial charge on any atom is -0.357 e. The van der Waals surface area contributed by atoms with Gasteiger partial charge in [-0.3, -0.25) is 4.99 Å². The van der Waals surface area contributed by atoms with Gasteiger partial charge in [-0.2, -0.15) is 0 Å². The lowest BCUT2D eigenvalue weighted by atomic mass is 9.86. The Hall–Kier alpha value is 0. The minimum atomic E-state index is 0. The fourth-order valence-corrected chi connectivity index (χ4v) is 2.55. The van der Waals surface area contributed by atoms with Gasteiger partial charge < -0.3 is 10.2 Å². The Kier molecular flexibility index (Phi) is 10.9. The Bertz CT molecular complexity index is 223. The van der Waals surface area contributed by atoms with Gasteiger partial charge in [-0.25, -0.2) is 0 Å². The highest BCUT2D eigenvalue weighted by Gasteiger charge is 2.12. The molecule has 0 radical (unpaired) electrons. The van der Waals surface area contributed by atoms with Crippen LogP contribution < -0.4 is 5.32 Å². The van der Waals surface area contributed by atoms with Crippen LogP contribution in [0.15, 0.2) is 4.99 Å². The summed E-state index contributed by atoms with van der Waals surface area (Å²) in [5, 5.41) is 3.30. The standard InChI is InChI=1S/C14H29N3.HI/c1-4-15-14(17(2)3)16-12-8-11-13-9-6-5-7-10-13;/h13H,4-12H2,1-3H3,(H,15,16);1H. The molecule has 108 valence electrons. The summed E-state index contributed by atoms with van der Waals surface area (Å²) in [4.78, 5) is 6.69. The monoisotopic (exact) mass is 367 g/mol. The largest absolute Gasteiger partial charge is 0.357 e. The minimum absolute atomic E-state index is 0. The molecule has 0 atom stereocenters. The number of hydrogen-bond acceptors (Lipinski definition) is 1. The molecule has 1 aliphatic carbocycles. The summed E-state index contributed by atoms with van der Waals surface area (Å²) in [6, 6.07) is 0. The van der Waals surface area contributed by atoms with Gasteiger partial charge >= 0.3 is 0 Å². The lowest BCUT2D eigenvalue weighted by Crippen LogP contribution is -2.36. The van der Waals surface area contributed by atoms with Crippen molar-refractivity contribution in [3.05, 3.63) is 0 Å². The first-order valence-electron chi connectivity index (χ1n) is 7.19. The second-order valence-electron chi connectivity index (χ2n) is 5.28. The molecule has 0 spiro atoms. The summed E-state index contributed by atoms with van der Waals surface area (Å²) in [5.41, 5.74) is 0. The van der Waals surface area contributed by atoms with Crippen molar-refractivity contribution < 1.29 is 0 Å². The van der Waals surface area contributed by atoms with Crippen molar-refractivity contribution in [2.24, 2.45) is 10.9 Å². The van der Waals surface area contributed by atoms with Crippen LogP contribution in [0.5, 0.6) is 0 Å². The van der Waals surface area contributed by atoms with E-state index in [0.29, 0.717) is 0 Å². The SMILES string of the molecule is CCNC(=NCCCC1CCCCC1)N(C)C.I. The van der Waals surface area contributed by atoms with Crippen molar-refractivity contribution in [2.45, 2.75) is 51.9 Å². The third-order valence-corrected chi connectivity index (χ3v) is 3.52. The Labute approximate surface area is 130 Å². The zero-order chi connectivity index (χ0) is 12.5. The second kappa shape index (κ2) is 10.9. The second-order valence-corrected chi connectivity index (χ2v) is 5.28. The third kappa shape index (κ3) is 7.44. The molecule has 4 heteroatoms. The van der Waals surface area contributed by atoms with E-state index in [0.717, 1.165) is 25.0 Å². The van der Waals surface area contributed by atoms with E-state index in [1.165, 1.54) is 44.9 Å². The van der Waals surface area contributed by atoms with Crippen LogP contribution in [0, 0.1) is 5.92 Å². The fraction of sp³-hybridized carbons (Fsp3) is 0.929. The zero-order valence-electron chi connectivity index (χ0n) is 12.2. The highest BCUT2D eigenvalue weighted by molar-refractivity contribution is 14.0. The highest BCUT2D eigenvalue weighted by Crippen LogP contribution is 2.27. The van der Waals surface area contributed by atoms with Gasteiger partial charge in [0.25, 0.3) is 0 Å². The molecule has 0 unspecified atom stereocenters. The molecule has 1 fully saturated rings. The topological polar surface area (TPSA) is 27.6 Å². The molecule has 1 aliphatic rings. The number of guanidine groups is 1. The van der Waals surface area contributed by atoms with Gasteiger partial charge in [0.1, 0.15) is 0 Å². The van der Waals surface area contributed by atoms with Crippen molar-refractivity contribution in [2.75, 3.05) is 27.2 Å². The van der Waals surface area contributed by atoms with Gasteiger partial charge in [-0.1, -0.05) is 32.1 Å². The van der Waals surface area contributed by atoms with E-state index in [-0.39, 0.29) is 24.0 Å². The summed E-state index contributed by atoms with van der Waals surface area (Å²) in [5.74, 6) is 2.01. The van der Waals surface area contributed by atoms with Crippen LogP contribution in [0.3, 0.4) is 0 Å². The number of nitrogens with one attached hydrogen (secondary N) is 1. The first kappa shape index (κ1) is 18.0. The van der Waals surface area contributed by atoms with E-state index < -0.39 is 0 Å². The lowest BCUT2D eigenvalue weighted by Gasteiger charge is -2.21. The zero-order valence-corrected chi connectivity index (χ0v) is 14.6. The Morgan fingerprint density at radius 3 is 2.44 bits per heavy atom. The molecular weight excluding hydrogens is 337 g/mol. The maximum Gasteiger partial charge on any atom is 0.193 e. The Balaban J connectivity index is 0.00000289. The first-order chi connectivity index (χ1) is 8.24. The molecule has 18 heavy (non-hydrogen) atoms. The van der Waals surface area contributed by atoms with Crippen molar-refractivity contribution in [3.8, 4) is 0 Å². The summed E-state index contributed by atoms with van der Waals surface area (Å²) >= 11 is 0. The van der Waals surface area contributed by atoms with Crippen LogP contribution in [-0.4, -0.2) is 38.0 Å². The van der Waals surface area contributed by atoms with Crippen LogP contribution in [0.25, 0.3) is 0 Å². The highest BCUT2D eigenvalue weighted by atomic mass is 127. The van der Waals surface area contributed by atoms with Crippen LogP contribution in [0.4, 0.5) is 0 Å². The van der Waals surface area contributed by atoms with Gasteiger partial charge in [0, 0.05) is 27.2 Å². The molecular formula is C14H30IN3. The normalized spacial score (nSPS) is 17.2. The van der Waals surface area contributed by atoms with Crippen molar-refractivity contribution in [1.82, 2.24) is 10.2 Å². The van der Waals surface area contributed by atoms with Crippen molar-refractivity contribution in [1.29, 1.82) is 0 Å². The smallest absolute Gasteiger partial charge is 0.193 e. The summed E-state index contributed by atoms with van der Waals surface area (Å²) in [6.07, 6.45) is 9.89. The summed E-state index contributed by atoms with van der Waals surface area (Å²) < 4.78 is 0. The van der Waals surface area contributed by atoms with Crippen LogP contribution in [0.1, 0.15) is 51.9 Å². The molecule has 0 saturated heterocycles. The molecule has 1 N–H and O–H groups in total. The molecule has 1 saturated carbocycles. The van der Waals surface area contributed by atoms with Gasteiger partial charge in [-0.15, -0.1) is 24.0 Å². The van der Waals surface area contributed by atoms with Crippen molar-refractivity contribution >= 4 is 29.9 Å². The fourth-order valence-electron chi connectivity index (χ4n) is 2.55. The maximum absolute atomic E-state index is 4.63. The summed E-state index contributed by atoms with van der Waals surface area (Å²) in [7, 11) is 4.09. The number of halogens is 1. The van der Waals surface area contributed by atoms with Crippen LogP contribution in [0.2, 0.25) is 0 Å². The number of aliphatic imine (C=N–C) groups is 1. The predicted molar refractivity (Wildman–Crippen MR) is 90.9 cm³/mol. The summed E-state index contributed by atoms with van der Waals surface area (Å²) in [6.45, 7) is 4.03. The molecule has 0 aromatic heterocycles. The molecule has 1 rings (SSSR count). The number of rotatable bonds is 5. The Morgan fingerprint density at radius 2 is 1.89 bits per heavy atom. The molecule has 0 amide bonds. The predicted octanol–water partition coefficient (Wildman–Crippen LogP) is 3.49. The van der Waals surface area contributed by atoms with Crippen molar-refractivity contribution in [3.63, 3.8) is 0 Å². The van der Waals surface area contributed by atoms with E-state index in [2.05, 4.69) is 22.1 Å². The molecule has 0 aliphatic heterocycles. The van der Waals surface area contributed by atoms with E-state index in [9.17, 15) is 0 Å². The Morgan fingerprint density at radius 1 is 1.22 bits per heavy atom. The first-order valence-corrected chi connectivity index (χ1v) is 7.19. The maximum atomic E-state index is 4.63. The van der Waals surface area contributed by atoms with E-state index in [4.69, 9.17) is 0 Å². The van der Waals surface area contributed by atoms with Gasteiger partial charge in [0.05, 0.1) is 0 Å². The van der Waals surface area contributed by atoms with Gasteiger partial charge in [0.2, 0.25) is 0 Å². The number of hydrogen-bond donors (Lipinski definition) is 1. The average Bonchev–Trinajstić information content (AvgIpc) is 2.34.